The number of nitrogens with one attached hydrogen (secondary N) is 1. The van der Waals surface area contributed by atoms with Crippen LogP contribution in [0.15, 0.2) is 34.3 Å². The van der Waals surface area contributed by atoms with Crippen LogP contribution in [-0.2, 0) is 21.9 Å². The number of rotatable bonds is 6. The van der Waals surface area contributed by atoms with Crippen LogP contribution in [0.5, 0.6) is 0 Å². The molecule has 8 nitrogen and oxygen atoms in total. The molecule has 0 atom stereocenters. The zero-order valence-electron chi connectivity index (χ0n) is 13.0. The average Bonchev–Trinajstić information content (AvgIpc) is 3.29. The fourth-order valence-electron chi connectivity index (χ4n) is 2.23. The second-order valence-electron chi connectivity index (χ2n) is 5.58. The number of thioether (sulfide) groups is 1. The lowest BCUT2D eigenvalue weighted by Crippen LogP contribution is -2.16. The van der Waals surface area contributed by atoms with Gasteiger partial charge in [-0.25, -0.2) is 13.6 Å². The summed E-state index contributed by atoms with van der Waals surface area (Å²) in [6.07, 6.45) is 2.27. The number of benzene rings is 1. The summed E-state index contributed by atoms with van der Waals surface area (Å²) >= 11 is 1.28. The van der Waals surface area contributed by atoms with Gasteiger partial charge in [0.25, 0.3) is 0 Å². The lowest BCUT2D eigenvalue weighted by Gasteiger charge is -2.06. The number of carbonyl (C=O) groups excluding carboxylic acids is 1. The Morgan fingerprint density at radius 2 is 2.17 bits per heavy atom. The Morgan fingerprint density at radius 3 is 2.83 bits per heavy atom. The van der Waals surface area contributed by atoms with Gasteiger partial charge in [-0.05, 0) is 31.0 Å². The molecule has 10 heteroatoms. The van der Waals surface area contributed by atoms with Crippen LogP contribution in [0, 0.1) is 0 Å². The van der Waals surface area contributed by atoms with Gasteiger partial charge in [0, 0.05) is 18.7 Å². The number of anilines is 1. The zero-order chi connectivity index (χ0) is 17.3. The van der Waals surface area contributed by atoms with Crippen LogP contribution in [0.1, 0.15) is 24.6 Å². The molecular formula is C14H17N5O3S2. The molecule has 1 saturated carbocycles. The Bertz CT molecular complexity index is 874. The van der Waals surface area contributed by atoms with Crippen LogP contribution in [0.3, 0.4) is 0 Å². The highest BCUT2D eigenvalue weighted by atomic mass is 32.2. The second kappa shape index (κ2) is 6.54. The van der Waals surface area contributed by atoms with Crippen molar-refractivity contribution in [1.29, 1.82) is 0 Å². The van der Waals surface area contributed by atoms with Crippen LogP contribution < -0.4 is 10.5 Å². The Kier molecular flexibility index (Phi) is 4.61. The van der Waals surface area contributed by atoms with Crippen molar-refractivity contribution in [1.82, 2.24) is 14.8 Å². The van der Waals surface area contributed by atoms with E-state index in [9.17, 15) is 13.2 Å². The number of primary sulfonamides is 1. The fraction of sp³-hybridized carbons (Fsp3) is 0.357. The molecule has 0 saturated heterocycles. The van der Waals surface area contributed by atoms with Crippen molar-refractivity contribution in [3.63, 3.8) is 0 Å². The minimum atomic E-state index is -3.80. The maximum atomic E-state index is 12.0. The van der Waals surface area contributed by atoms with Gasteiger partial charge < -0.3 is 9.88 Å². The topological polar surface area (TPSA) is 120 Å². The molecule has 1 aliphatic rings. The molecular weight excluding hydrogens is 350 g/mol. The quantitative estimate of drug-likeness (QED) is 0.737. The van der Waals surface area contributed by atoms with Crippen molar-refractivity contribution >= 4 is 33.4 Å². The molecule has 0 spiro atoms. The van der Waals surface area contributed by atoms with Crippen LogP contribution in [0.4, 0.5) is 5.69 Å². The van der Waals surface area contributed by atoms with Crippen molar-refractivity contribution in [2.24, 2.45) is 12.2 Å². The largest absolute Gasteiger partial charge is 0.325 e. The zero-order valence-corrected chi connectivity index (χ0v) is 14.6. The molecule has 0 unspecified atom stereocenters. The van der Waals surface area contributed by atoms with Crippen molar-refractivity contribution in [2.45, 2.75) is 28.8 Å². The predicted molar refractivity (Wildman–Crippen MR) is 90.1 cm³/mol. The smallest absolute Gasteiger partial charge is 0.238 e. The Labute approximate surface area is 143 Å². The minimum absolute atomic E-state index is 0.0460. The summed E-state index contributed by atoms with van der Waals surface area (Å²) in [5, 5.41) is 16.7. The third-order valence-corrected chi connectivity index (χ3v) is 5.52. The summed E-state index contributed by atoms with van der Waals surface area (Å²) < 4.78 is 24.6. The summed E-state index contributed by atoms with van der Waals surface area (Å²) in [6.45, 7) is 0. The van der Waals surface area contributed by atoms with Gasteiger partial charge in [0.1, 0.15) is 5.82 Å². The first-order valence-corrected chi connectivity index (χ1v) is 9.82. The van der Waals surface area contributed by atoms with Crippen LogP contribution in [0.2, 0.25) is 0 Å². The number of hydrogen-bond donors (Lipinski definition) is 2. The SMILES string of the molecule is Cn1c(SCC(=O)Nc2cccc(S(N)(=O)=O)c2)nnc1C1CC1. The highest BCUT2D eigenvalue weighted by molar-refractivity contribution is 7.99. The van der Waals surface area contributed by atoms with E-state index in [4.69, 9.17) is 5.14 Å². The van der Waals surface area contributed by atoms with Gasteiger partial charge in [-0.3, -0.25) is 4.79 Å². The highest BCUT2D eigenvalue weighted by Gasteiger charge is 2.29. The van der Waals surface area contributed by atoms with Gasteiger partial charge in [-0.2, -0.15) is 0 Å². The third kappa shape index (κ3) is 3.94. The number of nitrogens with zero attached hydrogens (tertiary/aromatic N) is 3. The van der Waals surface area contributed by atoms with E-state index in [1.165, 1.54) is 30.0 Å². The van der Waals surface area contributed by atoms with Gasteiger partial charge in [-0.15, -0.1) is 10.2 Å². The molecule has 0 radical (unpaired) electrons. The van der Waals surface area contributed by atoms with Gasteiger partial charge in [0.05, 0.1) is 10.6 Å². The molecule has 1 fully saturated rings. The first-order chi connectivity index (χ1) is 11.3. The van der Waals surface area contributed by atoms with Crippen molar-refractivity contribution in [3.05, 3.63) is 30.1 Å². The first kappa shape index (κ1) is 16.9. The Balaban J connectivity index is 1.60. The number of carbonyl (C=O) groups is 1. The monoisotopic (exact) mass is 367 g/mol. The lowest BCUT2D eigenvalue weighted by atomic mass is 10.3. The molecule has 24 heavy (non-hydrogen) atoms. The summed E-state index contributed by atoms with van der Waals surface area (Å²) in [7, 11) is -1.91. The number of hydrogen-bond acceptors (Lipinski definition) is 6. The first-order valence-electron chi connectivity index (χ1n) is 7.29. The normalized spacial score (nSPS) is 14.6. The predicted octanol–water partition coefficient (Wildman–Crippen LogP) is 1.07. The molecule has 1 heterocycles. The van der Waals surface area contributed by atoms with E-state index >= 15 is 0 Å². The van der Waals surface area contributed by atoms with Crippen LogP contribution >= 0.6 is 11.8 Å². The standard InChI is InChI=1S/C14H17N5O3S2/c1-19-13(9-5-6-9)17-18-14(19)23-8-12(20)16-10-3-2-4-11(7-10)24(15,21)22/h2-4,7,9H,5-6,8H2,1H3,(H,16,20)(H2,15,21,22). The summed E-state index contributed by atoms with van der Waals surface area (Å²) in [5.74, 6) is 1.34. The molecule has 0 aliphatic heterocycles. The van der Waals surface area contributed by atoms with Gasteiger partial charge in [0.15, 0.2) is 5.16 Å². The molecule has 2 aromatic rings. The van der Waals surface area contributed by atoms with Gasteiger partial charge >= 0.3 is 0 Å². The van der Waals surface area contributed by atoms with Crippen LogP contribution in [-0.4, -0.2) is 34.8 Å². The molecule has 1 aromatic heterocycles. The molecule has 0 bridgehead atoms. The van der Waals surface area contributed by atoms with E-state index in [0.29, 0.717) is 16.8 Å². The van der Waals surface area contributed by atoms with E-state index in [2.05, 4.69) is 15.5 Å². The third-order valence-electron chi connectivity index (χ3n) is 3.59. The lowest BCUT2D eigenvalue weighted by molar-refractivity contribution is -0.113. The maximum absolute atomic E-state index is 12.0. The second-order valence-corrected chi connectivity index (χ2v) is 8.09. The number of sulfonamides is 1. The molecule has 128 valence electrons. The number of amides is 1. The van der Waals surface area contributed by atoms with Crippen molar-refractivity contribution < 1.29 is 13.2 Å². The van der Waals surface area contributed by atoms with Crippen molar-refractivity contribution in [2.75, 3.05) is 11.1 Å². The minimum Gasteiger partial charge on any atom is -0.325 e. The maximum Gasteiger partial charge on any atom is 0.238 e. The van der Waals surface area contributed by atoms with Crippen molar-refractivity contribution in [3.8, 4) is 0 Å². The summed E-state index contributed by atoms with van der Waals surface area (Å²) in [5.41, 5.74) is 0.378. The van der Waals surface area contributed by atoms with Gasteiger partial charge in [-0.1, -0.05) is 17.8 Å². The van der Waals surface area contributed by atoms with E-state index in [-0.39, 0.29) is 16.6 Å². The van der Waals surface area contributed by atoms with E-state index in [1.54, 1.807) is 6.07 Å². The number of aromatic nitrogens is 3. The molecule has 3 N–H and O–H groups in total. The van der Waals surface area contributed by atoms with Crippen LogP contribution in [0.25, 0.3) is 0 Å². The molecule has 1 amide bonds. The Morgan fingerprint density at radius 1 is 1.42 bits per heavy atom. The van der Waals surface area contributed by atoms with E-state index in [1.807, 2.05) is 11.6 Å². The molecule has 3 rings (SSSR count). The number of nitrogens with two attached hydrogens (primary N) is 1. The van der Waals surface area contributed by atoms with E-state index in [0.717, 1.165) is 18.7 Å². The molecule has 1 aliphatic carbocycles. The summed E-state index contributed by atoms with van der Waals surface area (Å²) in [6, 6.07) is 5.82. The average molecular weight is 367 g/mol. The molecule has 1 aromatic carbocycles. The summed E-state index contributed by atoms with van der Waals surface area (Å²) in [4.78, 5) is 12.0. The Hall–Kier alpha value is -1.91. The fourth-order valence-corrected chi connectivity index (χ4v) is 3.50. The van der Waals surface area contributed by atoms with E-state index < -0.39 is 10.0 Å². The highest BCUT2D eigenvalue weighted by Crippen LogP contribution is 2.39. The van der Waals surface area contributed by atoms with Gasteiger partial charge in [0.2, 0.25) is 15.9 Å².